The van der Waals surface area contributed by atoms with Gasteiger partial charge in [-0.05, 0) is 25.8 Å². The number of carbonyl (C=O) groups excluding carboxylic acids is 1. The van der Waals surface area contributed by atoms with Gasteiger partial charge in [0.15, 0.2) is 5.96 Å². The van der Waals surface area contributed by atoms with Crippen LogP contribution in [0.3, 0.4) is 0 Å². The van der Waals surface area contributed by atoms with Crippen LogP contribution >= 0.6 is 0 Å². The minimum atomic E-state index is -4.17. The Morgan fingerprint density at radius 1 is 1.29 bits per heavy atom. The molecular weight excluding hydrogens is 323 g/mol. The van der Waals surface area contributed by atoms with E-state index in [1.165, 1.54) is 7.05 Å². The molecule has 1 fully saturated rings. The van der Waals surface area contributed by atoms with Gasteiger partial charge in [-0.15, -0.1) is 0 Å². The molecule has 140 valence electrons. The first-order valence-corrected chi connectivity index (χ1v) is 8.21. The van der Waals surface area contributed by atoms with E-state index in [9.17, 15) is 18.0 Å². The SMILES string of the molecule is CN=C(NCCCN1CCCC1C(=O)N(C)C)NCCC(F)(F)F. The lowest BCUT2D eigenvalue weighted by Gasteiger charge is -2.26. The lowest BCUT2D eigenvalue weighted by atomic mass is 10.2. The monoisotopic (exact) mass is 351 g/mol. The Kier molecular flexibility index (Phi) is 8.30. The molecule has 0 bridgehead atoms. The number of hydrogen-bond acceptors (Lipinski definition) is 3. The van der Waals surface area contributed by atoms with E-state index in [1.807, 2.05) is 0 Å². The second-order valence-corrected chi connectivity index (χ2v) is 6.07. The first-order valence-electron chi connectivity index (χ1n) is 8.21. The van der Waals surface area contributed by atoms with Crippen LogP contribution in [0.25, 0.3) is 0 Å². The molecule has 9 heteroatoms. The van der Waals surface area contributed by atoms with E-state index < -0.39 is 12.6 Å². The van der Waals surface area contributed by atoms with Crippen LogP contribution in [0.4, 0.5) is 13.2 Å². The average molecular weight is 351 g/mol. The third-order valence-corrected chi connectivity index (χ3v) is 3.93. The third kappa shape index (κ3) is 7.37. The van der Waals surface area contributed by atoms with E-state index in [-0.39, 0.29) is 18.5 Å². The second kappa shape index (κ2) is 9.71. The Balaban J connectivity index is 2.25. The van der Waals surface area contributed by atoms with Gasteiger partial charge in [0.2, 0.25) is 5.91 Å². The first kappa shape index (κ1) is 20.5. The summed E-state index contributed by atoms with van der Waals surface area (Å²) in [5, 5.41) is 5.64. The van der Waals surface area contributed by atoms with Crippen molar-refractivity contribution >= 4 is 11.9 Å². The Morgan fingerprint density at radius 2 is 1.96 bits per heavy atom. The van der Waals surface area contributed by atoms with Crippen molar-refractivity contribution in [1.82, 2.24) is 20.4 Å². The topological polar surface area (TPSA) is 60.0 Å². The predicted molar refractivity (Wildman–Crippen MR) is 87.9 cm³/mol. The van der Waals surface area contributed by atoms with Gasteiger partial charge in [-0.1, -0.05) is 0 Å². The number of carbonyl (C=O) groups is 1. The van der Waals surface area contributed by atoms with Crippen molar-refractivity contribution in [3.63, 3.8) is 0 Å². The van der Waals surface area contributed by atoms with Crippen LogP contribution < -0.4 is 10.6 Å². The fourth-order valence-corrected chi connectivity index (χ4v) is 2.70. The predicted octanol–water partition coefficient (Wildman–Crippen LogP) is 1.05. The van der Waals surface area contributed by atoms with E-state index in [2.05, 4.69) is 20.5 Å². The maximum atomic E-state index is 12.1. The quantitative estimate of drug-likeness (QED) is 0.409. The largest absolute Gasteiger partial charge is 0.390 e. The molecule has 1 atom stereocenters. The fourth-order valence-electron chi connectivity index (χ4n) is 2.70. The molecule has 1 aliphatic heterocycles. The van der Waals surface area contributed by atoms with Gasteiger partial charge in [0.1, 0.15) is 0 Å². The number of likely N-dealkylation sites (tertiary alicyclic amines) is 1. The number of likely N-dealkylation sites (N-methyl/N-ethyl adjacent to an activating group) is 1. The van der Waals surface area contributed by atoms with E-state index in [0.717, 1.165) is 32.4 Å². The molecule has 1 heterocycles. The molecule has 2 N–H and O–H groups in total. The highest BCUT2D eigenvalue weighted by Gasteiger charge is 2.31. The molecule has 1 unspecified atom stereocenters. The highest BCUT2D eigenvalue weighted by Crippen LogP contribution is 2.19. The van der Waals surface area contributed by atoms with Crippen LogP contribution in [0.1, 0.15) is 25.7 Å². The molecule has 0 aromatic rings. The number of halogens is 3. The lowest BCUT2D eigenvalue weighted by molar-refractivity contribution is -0.134. The van der Waals surface area contributed by atoms with Crippen molar-refractivity contribution in [3.05, 3.63) is 0 Å². The standard InChI is InChI=1S/C15H28F3N5O/c1-19-14(21-9-7-15(16,17)18)20-8-5-11-23-10-4-6-12(23)13(24)22(2)3/h12H,4-11H2,1-3H3,(H2,19,20,21). The van der Waals surface area contributed by atoms with Gasteiger partial charge < -0.3 is 15.5 Å². The van der Waals surface area contributed by atoms with Crippen molar-refractivity contribution in [3.8, 4) is 0 Å². The zero-order chi connectivity index (χ0) is 18.2. The molecular formula is C15H28F3N5O. The van der Waals surface area contributed by atoms with Gasteiger partial charge in [-0.2, -0.15) is 13.2 Å². The lowest BCUT2D eigenvalue weighted by Crippen LogP contribution is -2.44. The van der Waals surface area contributed by atoms with Crippen molar-refractivity contribution in [2.75, 3.05) is 47.3 Å². The molecule has 6 nitrogen and oxygen atoms in total. The molecule has 24 heavy (non-hydrogen) atoms. The molecule has 1 saturated heterocycles. The van der Waals surface area contributed by atoms with Crippen LogP contribution in [0.15, 0.2) is 4.99 Å². The van der Waals surface area contributed by atoms with Crippen LogP contribution in [0.2, 0.25) is 0 Å². The van der Waals surface area contributed by atoms with Gasteiger partial charge in [0.05, 0.1) is 12.5 Å². The van der Waals surface area contributed by atoms with E-state index in [0.29, 0.717) is 12.5 Å². The molecule has 0 aromatic heterocycles. The van der Waals surface area contributed by atoms with Gasteiger partial charge in [0.25, 0.3) is 0 Å². The summed E-state index contributed by atoms with van der Waals surface area (Å²) >= 11 is 0. The highest BCUT2D eigenvalue weighted by atomic mass is 19.4. The Labute approximate surface area is 141 Å². The Hall–Kier alpha value is -1.51. The summed E-state index contributed by atoms with van der Waals surface area (Å²) in [4.78, 5) is 19.8. The molecule has 0 spiro atoms. The van der Waals surface area contributed by atoms with Gasteiger partial charge >= 0.3 is 6.18 Å². The van der Waals surface area contributed by atoms with Crippen molar-refractivity contribution in [1.29, 1.82) is 0 Å². The number of amides is 1. The molecule has 1 aliphatic rings. The molecule has 1 rings (SSSR count). The summed E-state index contributed by atoms with van der Waals surface area (Å²) in [5.41, 5.74) is 0. The van der Waals surface area contributed by atoms with Crippen LogP contribution in [-0.2, 0) is 4.79 Å². The van der Waals surface area contributed by atoms with Crippen LogP contribution in [-0.4, -0.2) is 81.2 Å². The molecule has 0 aromatic carbocycles. The zero-order valence-corrected chi connectivity index (χ0v) is 14.6. The summed E-state index contributed by atoms with van der Waals surface area (Å²) in [6, 6.07) is -0.0516. The maximum absolute atomic E-state index is 12.1. The summed E-state index contributed by atoms with van der Waals surface area (Å²) in [7, 11) is 5.04. The summed E-state index contributed by atoms with van der Waals surface area (Å²) in [6.07, 6.45) is -2.38. The normalized spacial score (nSPS) is 19.4. The molecule has 1 amide bonds. The van der Waals surface area contributed by atoms with Crippen molar-refractivity contribution in [2.24, 2.45) is 4.99 Å². The minimum Gasteiger partial charge on any atom is -0.356 e. The Morgan fingerprint density at radius 3 is 2.54 bits per heavy atom. The molecule has 0 saturated carbocycles. The third-order valence-electron chi connectivity index (χ3n) is 3.93. The molecule has 0 aliphatic carbocycles. The van der Waals surface area contributed by atoms with E-state index >= 15 is 0 Å². The van der Waals surface area contributed by atoms with E-state index in [1.54, 1.807) is 19.0 Å². The summed E-state index contributed by atoms with van der Waals surface area (Å²) in [6.45, 7) is 2.07. The fraction of sp³-hybridized carbons (Fsp3) is 0.867. The maximum Gasteiger partial charge on any atom is 0.390 e. The van der Waals surface area contributed by atoms with Crippen LogP contribution in [0, 0.1) is 0 Å². The number of nitrogens with one attached hydrogen (secondary N) is 2. The van der Waals surface area contributed by atoms with Crippen molar-refractivity contribution < 1.29 is 18.0 Å². The number of hydrogen-bond donors (Lipinski definition) is 2. The van der Waals surface area contributed by atoms with Crippen LogP contribution in [0.5, 0.6) is 0 Å². The number of alkyl halides is 3. The number of aliphatic imine (C=N–C) groups is 1. The highest BCUT2D eigenvalue weighted by molar-refractivity contribution is 5.81. The van der Waals surface area contributed by atoms with E-state index in [4.69, 9.17) is 0 Å². The smallest absolute Gasteiger partial charge is 0.356 e. The van der Waals surface area contributed by atoms with Gasteiger partial charge in [-0.3, -0.25) is 14.7 Å². The average Bonchev–Trinajstić information content (AvgIpc) is 2.95. The number of guanidine groups is 1. The minimum absolute atomic E-state index is 0.0516. The zero-order valence-electron chi connectivity index (χ0n) is 14.6. The summed E-state index contributed by atoms with van der Waals surface area (Å²) in [5.74, 6) is 0.492. The van der Waals surface area contributed by atoms with Gasteiger partial charge in [0, 0.05) is 40.8 Å². The number of nitrogens with zero attached hydrogens (tertiary/aromatic N) is 3. The summed E-state index contributed by atoms with van der Waals surface area (Å²) < 4.78 is 36.3. The molecule has 0 radical (unpaired) electrons. The Bertz CT molecular complexity index is 426. The van der Waals surface area contributed by atoms with Gasteiger partial charge in [-0.25, -0.2) is 0 Å². The number of rotatable bonds is 7. The second-order valence-electron chi connectivity index (χ2n) is 6.07. The first-order chi connectivity index (χ1) is 11.2. The van der Waals surface area contributed by atoms with Crippen molar-refractivity contribution in [2.45, 2.75) is 37.9 Å².